The normalized spacial score (nSPS) is 27.5. The van der Waals surface area contributed by atoms with Crippen molar-refractivity contribution in [1.82, 2.24) is 4.90 Å². The highest BCUT2D eigenvalue weighted by Gasteiger charge is 2.44. The summed E-state index contributed by atoms with van der Waals surface area (Å²) < 4.78 is 0.176. The molecule has 138 valence electrons. The van der Waals surface area contributed by atoms with Crippen molar-refractivity contribution in [3.63, 3.8) is 0 Å². The monoisotopic (exact) mass is 423 g/mol. The second-order valence-corrected chi connectivity index (χ2v) is 9.80. The summed E-state index contributed by atoms with van der Waals surface area (Å²) in [6, 6.07) is 10.9. The van der Waals surface area contributed by atoms with Gasteiger partial charge in [0.25, 0.3) is 0 Å². The van der Waals surface area contributed by atoms with Gasteiger partial charge in [-0.15, -0.1) is 0 Å². The summed E-state index contributed by atoms with van der Waals surface area (Å²) in [6.45, 7) is 1.87. The van der Waals surface area contributed by atoms with Crippen LogP contribution < -0.4 is 0 Å². The average molecular weight is 424 g/mol. The van der Waals surface area contributed by atoms with E-state index in [-0.39, 0.29) is 4.75 Å². The Labute approximate surface area is 165 Å². The van der Waals surface area contributed by atoms with Crippen LogP contribution in [0.3, 0.4) is 0 Å². The molecular formula is C21H30BrNOS. The third kappa shape index (κ3) is 5.03. The Kier molecular flexibility index (Phi) is 7.29. The van der Waals surface area contributed by atoms with Crippen molar-refractivity contribution in [3.8, 4) is 0 Å². The molecule has 2 aliphatic rings. The maximum Gasteiger partial charge on any atom is 0.224 e. The zero-order valence-electron chi connectivity index (χ0n) is 15.1. The fourth-order valence-corrected chi connectivity index (χ4v) is 6.49. The van der Waals surface area contributed by atoms with Crippen LogP contribution in [-0.2, 0) is 11.2 Å². The summed E-state index contributed by atoms with van der Waals surface area (Å²) in [5.41, 5.74) is 1.43. The van der Waals surface area contributed by atoms with Gasteiger partial charge in [0.15, 0.2) is 0 Å². The minimum absolute atomic E-state index is 0.176. The van der Waals surface area contributed by atoms with Crippen LogP contribution in [0.1, 0.15) is 50.5 Å². The largest absolute Gasteiger partial charge is 0.342 e. The van der Waals surface area contributed by atoms with Gasteiger partial charge < -0.3 is 4.90 Å². The molecule has 2 nitrogen and oxygen atoms in total. The molecule has 3 rings (SSSR count). The van der Waals surface area contributed by atoms with E-state index in [1.54, 1.807) is 0 Å². The molecule has 0 N–H and O–H groups in total. The van der Waals surface area contributed by atoms with Crippen LogP contribution in [0.2, 0.25) is 0 Å². The highest BCUT2D eigenvalue weighted by molar-refractivity contribution is 9.09. The molecule has 2 atom stereocenters. The average Bonchev–Trinajstić information content (AvgIpc) is 2.78. The molecular weight excluding hydrogens is 394 g/mol. The first-order valence-electron chi connectivity index (χ1n) is 9.75. The smallest absolute Gasteiger partial charge is 0.224 e. The molecule has 1 amide bonds. The second-order valence-electron chi connectivity index (χ2n) is 7.50. The van der Waals surface area contributed by atoms with Crippen LogP contribution in [0.15, 0.2) is 30.3 Å². The standard InChI is InChI=1S/C21H30BrNOS/c22-12-6-7-13-23-14-15-25-21(17-20(23)24)11-5-4-10-19(21)16-18-8-2-1-3-9-18/h1-3,8-9,19H,4-7,10-17H2. The zero-order chi connectivity index (χ0) is 17.5. The molecule has 1 aliphatic heterocycles. The summed E-state index contributed by atoms with van der Waals surface area (Å²) in [6.07, 6.45) is 9.25. The Hall–Kier alpha value is -0.480. The molecule has 4 heteroatoms. The van der Waals surface area contributed by atoms with Crippen LogP contribution in [-0.4, -0.2) is 39.7 Å². The number of halogens is 1. The number of amides is 1. The maximum atomic E-state index is 13.0. The number of alkyl halides is 1. The first-order chi connectivity index (χ1) is 12.2. The molecule has 0 aromatic heterocycles. The van der Waals surface area contributed by atoms with Gasteiger partial charge in [-0.3, -0.25) is 4.79 Å². The number of unbranched alkanes of at least 4 members (excludes halogenated alkanes) is 1. The third-order valence-corrected chi connectivity index (χ3v) is 8.04. The summed E-state index contributed by atoms with van der Waals surface area (Å²) >= 11 is 5.60. The van der Waals surface area contributed by atoms with Gasteiger partial charge in [-0.25, -0.2) is 0 Å². The molecule has 1 saturated carbocycles. The van der Waals surface area contributed by atoms with Gasteiger partial charge in [-0.1, -0.05) is 59.1 Å². The number of thioether (sulfide) groups is 1. The van der Waals surface area contributed by atoms with Gasteiger partial charge in [0.2, 0.25) is 5.91 Å². The lowest BCUT2D eigenvalue weighted by Crippen LogP contribution is -2.42. The van der Waals surface area contributed by atoms with Gasteiger partial charge in [0.05, 0.1) is 0 Å². The zero-order valence-corrected chi connectivity index (χ0v) is 17.5. The van der Waals surface area contributed by atoms with E-state index in [2.05, 4.69) is 62.9 Å². The first-order valence-corrected chi connectivity index (χ1v) is 11.9. The number of hydrogen-bond acceptors (Lipinski definition) is 2. The molecule has 1 saturated heterocycles. The minimum atomic E-state index is 0.176. The van der Waals surface area contributed by atoms with Crippen molar-refractivity contribution in [2.75, 3.05) is 24.2 Å². The van der Waals surface area contributed by atoms with Gasteiger partial charge >= 0.3 is 0 Å². The SMILES string of the molecule is O=C1CC2(CCCCC2Cc2ccccc2)SCCN1CCCCBr. The fraction of sp³-hybridized carbons (Fsp3) is 0.667. The highest BCUT2D eigenvalue weighted by Crippen LogP contribution is 2.49. The van der Waals surface area contributed by atoms with E-state index >= 15 is 0 Å². The van der Waals surface area contributed by atoms with E-state index in [9.17, 15) is 4.79 Å². The number of hydrogen-bond donors (Lipinski definition) is 0. The van der Waals surface area contributed by atoms with Gasteiger partial charge in [-0.05, 0) is 43.6 Å². The highest BCUT2D eigenvalue weighted by atomic mass is 79.9. The maximum absolute atomic E-state index is 13.0. The summed E-state index contributed by atoms with van der Waals surface area (Å²) in [5, 5.41) is 1.03. The number of carbonyl (C=O) groups excluding carboxylic acids is 1. The lowest BCUT2D eigenvalue weighted by molar-refractivity contribution is -0.131. The van der Waals surface area contributed by atoms with E-state index in [0.717, 1.165) is 49.9 Å². The Morgan fingerprint density at radius 3 is 2.84 bits per heavy atom. The summed E-state index contributed by atoms with van der Waals surface area (Å²) in [7, 11) is 0. The van der Waals surface area contributed by atoms with Crippen molar-refractivity contribution in [1.29, 1.82) is 0 Å². The molecule has 1 aliphatic carbocycles. The van der Waals surface area contributed by atoms with E-state index in [0.29, 0.717) is 11.8 Å². The Morgan fingerprint density at radius 1 is 1.20 bits per heavy atom. The predicted molar refractivity (Wildman–Crippen MR) is 112 cm³/mol. The lowest BCUT2D eigenvalue weighted by Gasteiger charge is -2.43. The van der Waals surface area contributed by atoms with Gasteiger partial charge in [0, 0.05) is 35.3 Å². The van der Waals surface area contributed by atoms with Crippen LogP contribution in [0.4, 0.5) is 0 Å². The molecule has 0 bridgehead atoms. The Balaban J connectivity index is 1.70. The Bertz CT molecular complexity index is 552. The number of rotatable bonds is 6. The quantitative estimate of drug-likeness (QED) is 0.456. The molecule has 1 aromatic rings. The van der Waals surface area contributed by atoms with Gasteiger partial charge in [0.1, 0.15) is 0 Å². The summed E-state index contributed by atoms with van der Waals surface area (Å²) in [5.74, 6) is 2.14. The van der Waals surface area contributed by atoms with Gasteiger partial charge in [-0.2, -0.15) is 11.8 Å². The van der Waals surface area contributed by atoms with Crippen LogP contribution in [0.25, 0.3) is 0 Å². The molecule has 1 aromatic carbocycles. The third-order valence-electron chi connectivity index (χ3n) is 5.84. The van der Waals surface area contributed by atoms with Crippen LogP contribution in [0, 0.1) is 5.92 Å². The van der Waals surface area contributed by atoms with Crippen molar-refractivity contribution in [2.24, 2.45) is 5.92 Å². The molecule has 1 heterocycles. The van der Waals surface area contributed by atoms with Crippen molar-refractivity contribution >= 4 is 33.6 Å². The van der Waals surface area contributed by atoms with Crippen LogP contribution >= 0.6 is 27.7 Å². The predicted octanol–water partition coefficient (Wildman–Crippen LogP) is 5.30. The fourth-order valence-electron chi connectivity index (χ4n) is 4.43. The van der Waals surface area contributed by atoms with Crippen LogP contribution in [0.5, 0.6) is 0 Å². The number of benzene rings is 1. The van der Waals surface area contributed by atoms with Crippen molar-refractivity contribution in [2.45, 2.75) is 56.1 Å². The molecule has 2 fully saturated rings. The molecule has 25 heavy (non-hydrogen) atoms. The minimum Gasteiger partial charge on any atom is -0.342 e. The van der Waals surface area contributed by atoms with E-state index in [1.165, 1.54) is 31.2 Å². The first kappa shape index (κ1) is 19.3. The number of nitrogens with zero attached hydrogens (tertiary/aromatic N) is 1. The van der Waals surface area contributed by atoms with Crippen molar-refractivity contribution in [3.05, 3.63) is 35.9 Å². The summed E-state index contributed by atoms with van der Waals surface area (Å²) in [4.78, 5) is 15.1. The van der Waals surface area contributed by atoms with Crippen molar-refractivity contribution < 1.29 is 4.79 Å². The molecule has 2 unspecified atom stereocenters. The Morgan fingerprint density at radius 2 is 2.04 bits per heavy atom. The van der Waals surface area contributed by atoms with E-state index in [1.807, 2.05) is 0 Å². The molecule has 1 spiro atoms. The van der Waals surface area contributed by atoms with E-state index < -0.39 is 0 Å². The number of carbonyl (C=O) groups is 1. The second kappa shape index (κ2) is 9.45. The topological polar surface area (TPSA) is 20.3 Å². The lowest BCUT2D eigenvalue weighted by atomic mass is 9.73. The van der Waals surface area contributed by atoms with E-state index in [4.69, 9.17) is 0 Å². The molecule has 0 radical (unpaired) electrons.